The van der Waals surface area contributed by atoms with Crippen molar-refractivity contribution in [3.8, 4) is 0 Å². The molecule has 0 radical (unpaired) electrons. The highest BCUT2D eigenvalue weighted by Crippen LogP contribution is 2.22. The lowest BCUT2D eigenvalue weighted by Gasteiger charge is -2.22. The largest absolute Gasteiger partial charge is 0.404 e. The number of thioether (sulfide) groups is 1. The lowest BCUT2D eigenvalue weighted by atomic mass is 10.2. The van der Waals surface area contributed by atoms with Gasteiger partial charge in [-0.05, 0) is 47.2 Å². The van der Waals surface area contributed by atoms with E-state index in [0.717, 1.165) is 13.1 Å². The first-order chi connectivity index (χ1) is 11.8. The summed E-state index contributed by atoms with van der Waals surface area (Å²) in [4.78, 5) is 27.7. The normalized spacial score (nSPS) is 14.2. The Kier molecular flexibility index (Phi) is 6.87. The van der Waals surface area contributed by atoms with Crippen LogP contribution < -0.4 is 10.4 Å². The van der Waals surface area contributed by atoms with E-state index in [9.17, 15) is 4.79 Å². The highest BCUT2D eigenvalue weighted by atomic mass is 32.2. The molecule has 6 nitrogen and oxygen atoms in total. The van der Waals surface area contributed by atoms with Crippen molar-refractivity contribution in [2.45, 2.75) is 30.4 Å². The Labute approximate surface area is 153 Å². The van der Waals surface area contributed by atoms with E-state index < -0.39 is 0 Å². The van der Waals surface area contributed by atoms with E-state index in [1.54, 1.807) is 17.8 Å². The molecule has 1 heterocycles. The van der Waals surface area contributed by atoms with E-state index >= 15 is 0 Å². The van der Waals surface area contributed by atoms with E-state index in [2.05, 4.69) is 16.8 Å². The van der Waals surface area contributed by atoms with Gasteiger partial charge >= 0.3 is 0 Å². The van der Waals surface area contributed by atoms with Crippen LogP contribution in [-0.2, 0) is 0 Å². The Morgan fingerprint density at radius 3 is 2.40 bits per heavy atom. The van der Waals surface area contributed by atoms with Crippen LogP contribution in [0.15, 0.2) is 34.2 Å². The number of nitrogens with zero attached hydrogens (tertiary/aromatic N) is 4. The van der Waals surface area contributed by atoms with E-state index in [-0.39, 0.29) is 16.9 Å². The van der Waals surface area contributed by atoms with Crippen molar-refractivity contribution in [2.75, 3.05) is 41.3 Å². The number of para-hydroxylation sites is 1. The second-order valence-corrected chi connectivity index (χ2v) is 8.29. The summed E-state index contributed by atoms with van der Waals surface area (Å²) in [6.45, 7) is 5.69. The molecule has 138 valence electrons. The summed E-state index contributed by atoms with van der Waals surface area (Å²) in [5, 5.41) is 1.45. The minimum Gasteiger partial charge on any atom is -0.404 e. The maximum Gasteiger partial charge on any atom is 0.295 e. The van der Waals surface area contributed by atoms with Gasteiger partial charge in [0.05, 0.1) is 10.9 Å². The van der Waals surface area contributed by atoms with Gasteiger partial charge in [-0.2, -0.15) is 0 Å². The molecule has 2 aromatic rings. The Morgan fingerprint density at radius 1 is 1.12 bits per heavy atom. The summed E-state index contributed by atoms with van der Waals surface area (Å²) in [6.07, 6.45) is -0.126. The van der Waals surface area contributed by atoms with Gasteiger partial charge in [0.25, 0.3) is 5.56 Å². The van der Waals surface area contributed by atoms with Crippen LogP contribution in [0.4, 0.5) is 0 Å². The number of hydrogen-bond donors (Lipinski definition) is 0. The van der Waals surface area contributed by atoms with Gasteiger partial charge in [-0.15, -0.1) is 4.73 Å². The van der Waals surface area contributed by atoms with E-state index in [1.165, 1.54) is 4.73 Å². The van der Waals surface area contributed by atoms with Crippen molar-refractivity contribution in [1.29, 1.82) is 0 Å². The molecule has 1 aromatic carbocycles. The molecule has 0 saturated heterocycles. The molecule has 1 aromatic heterocycles. The topological polar surface area (TPSA) is 50.6 Å². The first-order valence-electron chi connectivity index (χ1n) is 8.43. The third-order valence-corrected chi connectivity index (χ3v) is 4.56. The number of rotatable bonds is 8. The lowest BCUT2D eigenvalue weighted by Crippen LogP contribution is -2.39. The highest BCUT2D eigenvalue weighted by Gasteiger charge is 2.18. The first kappa shape index (κ1) is 19.8. The van der Waals surface area contributed by atoms with Crippen molar-refractivity contribution >= 4 is 22.7 Å². The fourth-order valence-corrected chi connectivity index (χ4v) is 3.83. The number of aromatic nitrogens is 2. The minimum absolute atomic E-state index is 0.126. The van der Waals surface area contributed by atoms with Crippen LogP contribution in [0.2, 0.25) is 0 Å². The molecule has 0 unspecified atom stereocenters. The summed E-state index contributed by atoms with van der Waals surface area (Å²) in [7, 11) is 8.04. The van der Waals surface area contributed by atoms with Gasteiger partial charge in [0.1, 0.15) is 6.10 Å². The number of hydrogen-bond acceptors (Lipinski definition) is 6. The van der Waals surface area contributed by atoms with Crippen LogP contribution in [0.5, 0.6) is 0 Å². The molecule has 2 rings (SSSR count). The lowest BCUT2D eigenvalue weighted by molar-refractivity contribution is 0.0115. The average Bonchev–Trinajstić information content (AvgIpc) is 2.49. The van der Waals surface area contributed by atoms with Crippen molar-refractivity contribution in [1.82, 2.24) is 19.5 Å². The first-order valence-corrected chi connectivity index (χ1v) is 9.31. The van der Waals surface area contributed by atoms with Gasteiger partial charge in [0, 0.05) is 18.3 Å². The quantitative estimate of drug-likeness (QED) is 0.526. The Bertz CT molecular complexity index is 760. The molecule has 0 aliphatic carbocycles. The van der Waals surface area contributed by atoms with Crippen LogP contribution in [0.25, 0.3) is 10.9 Å². The fraction of sp³-hybridized carbons (Fsp3) is 0.556. The molecule has 0 fully saturated rings. The van der Waals surface area contributed by atoms with Crippen molar-refractivity contribution in [3.63, 3.8) is 0 Å². The predicted molar refractivity (Wildman–Crippen MR) is 104 cm³/mol. The third-order valence-electron chi connectivity index (χ3n) is 3.55. The molecule has 0 N–H and O–H groups in total. The minimum atomic E-state index is -0.157. The van der Waals surface area contributed by atoms with Gasteiger partial charge in [0.15, 0.2) is 0 Å². The molecule has 0 aliphatic rings. The molecule has 25 heavy (non-hydrogen) atoms. The molecule has 7 heteroatoms. The third kappa shape index (κ3) is 5.45. The summed E-state index contributed by atoms with van der Waals surface area (Å²) < 4.78 is 1.37. The monoisotopic (exact) mass is 364 g/mol. The van der Waals surface area contributed by atoms with E-state index in [0.29, 0.717) is 16.1 Å². The molecular weight excluding hydrogens is 336 g/mol. The van der Waals surface area contributed by atoms with Crippen LogP contribution in [0.3, 0.4) is 0 Å². The van der Waals surface area contributed by atoms with Gasteiger partial charge < -0.3 is 14.6 Å². The summed E-state index contributed by atoms with van der Waals surface area (Å²) in [6, 6.07) is 7.40. The van der Waals surface area contributed by atoms with Gasteiger partial charge in [-0.3, -0.25) is 4.79 Å². The summed E-state index contributed by atoms with van der Waals surface area (Å²) in [5.41, 5.74) is 0.544. The van der Waals surface area contributed by atoms with Gasteiger partial charge in [-0.1, -0.05) is 30.8 Å². The summed E-state index contributed by atoms with van der Waals surface area (Å²) >= 11 is 1.56. The van der Waals surface area contributed by atoms with Gasteiger partial charge in [-0.25, -0.2) is 4.98 Å². The molecule has 0 amide bonds. The molecular formula is C18H28N4O2S. The Morgan fingerprint density at radius 2 is 1.76 bits per heavy atom. The van der Waals surface area contributed by atoms with Gasteiger partial charge in [0.2, 0.25) is 5.16 Å². The number of fused-ring (bicyclic) bond motifs is 1. The summed E-state index contributed by atoms with van der Waals surface area (Å²) in [5.74, 6) is 0. The maximum atomic E-state index is 12.9. The fourth-order valence-electron chi connectivity index (χ4n) is 2.72. The zero-order valence-corrected chi connectivity index (χ0v) is 16.7. The second-order valence-electron chi connectivity index (χ2n) is 6.88. The van der Waals surface area contributed by atoms with E-state index in [4.69, 9.17) is 4.84 Å². The van der Waals surface area contributed by atoms with Crippen molar-refractivity contribution in [3.05, 3.63) is 34.6 Å². The predicted octanol–water partition coefficient (Wildman–Crippen LogP) is 1.82. The molecule has 0 saturated carbocycles. The second kappa shape index (κ2) is 8.69. The van der Waals surface area contributed by atoms with Crippen LogP contribution >= 0.6 is 11.8 Å². The number of likely N-dealkylation sites (N-methyl/N-ethyl adjacent to an activating group) is 1. The SMILES string of the molecule is C[C@H](CN(C)C)On1c(S[C@H](C)CN(C)C)nc2ccccc2c1=O. The van der Waals surface area contributed by atoms with Crippen LogP contribution in [0.1, 0.15) is 13.8 Å². The maximum absolute atomic E-state index is 12.9. The number of benzene rings is 1. The molecule has 0 aliphatic heterocycles. The molecule has 0 spiro atoms. The highest BCUT2D eigenvalue weighted by molar-refractivity contribution is 7.99. The zero-order valence-electron chi connectivity index (χ0n) is 15.9. The van der Waals surface area contributed by atoms with Crippen LogP contribution in [-0.4, -0.2) is 72.1 Å². The zero-order chi connectivity index (χ0) is 18.6. The molecule has 2 atom stereocenters. The van der Waals surface area contributed by atoms with Crippen molar-refractivity contribution in [2.24, 2.45) is 0 Å². The van der Waals surface area contributed by atoms with E-state index in [1.807, 2.05) is 58.2 Å². The van der Waals surface area contributed by atoms with Crippen LogP contribution in [0, 0.1) is 0 Å². The van der Waals surface area contributed by atoms with Crippen molar-refractivity contribution < 1.29 is 4.84 Å². The Balaban J connectivity index is 2.42. The standard InChI is InChI=1S/C18H28N4O2S/c1-13(11-20(3)4)24-22-17(23)15-9-7-8-10-16(15)19-18(22)25-14(2)12-21(5)6/h7-10,13-14H,11-12H2,1-6H3/t13-,14-/m1/s1. The molecule has 0 bridgehead atoms. The average molecular weight is 365 g/mol. The Hall–Kier alpha value is -1.57. The smallest absolute Gasteiger partial charge is 0.295 e.